The van der Waals surface area contributed by atoms with E-state index in [1.807, 2.05) is 0 Å². The standard InChI is InChI=1S/C11H12ClNO3/c12-8-1-4-13-10(7-8)11(14)16-9-2-5-15-6-3-9/h1,4,7,9H,2-3,5-6H2. The molecule has 16 heavy (non-hydrogen) atoms. The van der Waals surface area contributed by atoms with Crippen molar-refractivity contribution in [3.63, 3.8) is 0 Å². The first-order valence-corrected chi connectivity index (χ1v) is 5.54. The zero-order chi connectivity index (χ0) is 11.4. The van der Waals surface area contributed by atoms with E-state index in [-0.39, 0.29) is 11.8 Å². The predicted molar refractivity (Wildman–Crippen MR) is 58.5 cm³/mol. The average molecular weight is 242 g/mol. The number of esters is 1. The number of aromatic nitrogens is 1. The van der Waals surface area contributed by atoms with Crippen molar-refractivity contribution in [2.45, 2.75) is 18.9 Å². The molecule has 0 unspecified atom stereocenters. The second kappa shape index (κ2) is 5.27. The van der Waals surface area contributed by atoms with Crippen LogP contribution in [0.5, 0.6) is 0 Å². The van der Waals surface area contributed by atoms with E-state index in [0.29, 0.717) is 18.2 Å². The molecular formula is C11H12ClNO3. The Labute approximate surface area is 98.5 Å². The van der Waals surface area contributed by atoms with Crippen LogP contribution in [0.4, 0.5) is 0 Å². The first-order chi connectivity index (χ1) is 7.75. The second-order valence-electron chi connectivity index (χ2n) is 3.58. The van der Waals surface area contributed by atoms with Gasteiger partial charge in [-0.25, -0.2) is 9.78 Å². The smallest absolute Gasteiger partial charge is 0.357 e. The molecule has 86 valence electrons. The van der Waals surface area contributed by atoms with Gasteiger partial charge in [0.15, 0.2) is 0 Å². The number of hydrogen-bond donors (Lipinski definition) is 0. The SMILES string of the molecule is O=C(OC1CCOCC1)c1cc(Cl)ccn1. The Hall–Kier alpha value is -1.13. The fourth-order valence-corrected chi connectivity index (χ4v) is 1.68. The molecule has 0 saturated carbocycles. The Morgan fingerprint density at radius 1 is 1.50 bits per heavy atom. The van der Waals surface area contributed by atoms with E-state index in [0.717, 1.165) is 12.8 Å². The highest BCUT2D eigenvalue weighted by molar-refractivity contribution is 6.30. The first-order valence-electron chi connectivity index (χ1n) is 5.16. The largest absolute Gasteiger partial charge is 0.457 e. The number of nitrogens with zero attached hydrogens (tertiary/aromatic N) is 1. The summed E-state index contributed by atoms with van der Waals surface area (Å²) in [7, 11) is 0. The van der Waals surface area contributed by atoms with Crippen molar-refractivity contribution < 1.29 is 14.3 Å². The molecule has 0 amide bonds. The molecule has 5 heteroatoms. The number of hydrogen-bond acceptors (Lipinski definition) is 4. The highest BCUT2D eigenvalue weighted by atomic mass is 35.5. The summed E-state index contributed by atoms with van der Waals surface area (Å²) < 4.78 is 10.5. The number of halogens is 1. The molecule has 1 saturated heterocycles. The van der Waals surface area contributed by atoms with Crippen LogP contribution in [0.2, 0.25) is 5.02 Å². The van der Waals surface area contributed by atoms with Gasteiger partial charge in [-0.05, 0) is 12.1 Å². The molecular weight excluding hydrogens is 230 g/mol. The lowest BCUT2D eigenvalue weighted by Gasteiger charge is -2.21. The zero-order valence-electron chi connectivity index (χ0n) is 8.69. The summed E-state index contributed by atoms with van der Waals surface area (Å²) in [6.07, 6.45) is 2.91. The normalized spacial score (nSPS) is 17.1. The molecule has 4 nitrogen and oxygen atoms in total. The minimum absolute atomic E-state index is 0.0676. The van der Waals surface area contributed by atoms with Crippen LogP contribution in [0, 0.1) is 0 Å². The van der Waals surface area contributed by atoms with E-state index in [1.165, 1.54) is 12.3 Å². The van der Waals surface area contributed by atoms with Crippen molar-refractivity contribution in [3.05, 3.63) is 29.0 Å². The number of ether oxygens (including phenoxy) is 2. The van der Waals surface area contributed by atoms with E-state index in [1.54, 1.807) is 6.07 Å². The number of rotatable bonds is 2. The van der Waals surface area contributed by atoms with Crippen LogP contribution in [-0.4, -0.2) is 30.3 Å². The zero-order valence-corrected chi connectivity index (χ0v) is 9.44. The van der Waals surface area contributed by atoms with Gasteiger partial charge in [0.2, 0.25) is 0 Å². The van der Waals surface area contributed by atoms with Crippen LogP contribution >= 0.6 is 11.6 Å². The molecule has 0 aromatic carbocycles. The quantitative estimate of drug-likeness (QED) is 0.744. The van der Waals surface area contributed by atoms with E-state index in [4.69, 9.17) is 21.1 Å². The Kier molecular flexibility index (Phi) is 3.74. The van der Waals surface area contributed by atoms with E-state index in [9.17, 15) is 4.79 Å². The van der Waals surface area contributed by atoms with Crippen LogP contribution < -0.4 is 0 Å². The van der Waals surface area contributed by atoms with Crippen molar-refractivity contribution in [2.75, 3.05) is 13.2 Å². The summed E-state index contributed by atoms with van der Waals surface area (Å²) >= 11 is 5.76. The molecule has 0 spiro atoms. The predicted octanol–water partition coefficient (Wildman–Crippen LogP) is 2.07. The van der Waals surface area contributed by atoms with Gasteiger partial charge in [0.25, 0.3) is 0 Å². The molecule has 0 N–H and O–H groups in total. The van der Waals surface area contributed by atoms with Crippen LogP contribution in [0.25, 0.3) is 0 Å². The number of carbonyl (C=O) groups is 1. The minimum Gasteiger partial charge on any atom is -0.457 e. The van der Waals surface area contributed by atoms with Crippen molar-refractivity contribution in [3.8, 4) is 0 Å². The Morgan fingerprint density at radius 3 is 2.94 bits per heavy atom. The Morgan fingerprint density at radius 2 is 2.25 bits per heavy atom. The van der Waals surface area contributed by atoms with Gasteiger partial charge in [-0.3, -0.25) is 0 Å². The van der Waals surface area contributed by atoms with Gasteiger partial charge in [-0.1, -0.05) is 11.6 Å². The van der Waals surface area contributed by atoms with Gasteiger partial charge in [-0.2, -0.15) is 0 Å². The molecule has 0 atom stereocenters. The fourth-order valence-electron chi connectivity index (χ4n) is 1.52. The van der Waals surface area contributed by atoms with Gasteiger partial charge in [-0.15, -0.1) is 0 Å². The van der Waals surface area contributed by atoms with Gasteiger partial charge >= 0.3 is 5.97 Å². The summed E-state index contributed by atoms with van der Waals surface area (Å²) in [6.45, 7) is 1.28. The highest BCUT2D eigenvalue weighted by Gasteiger charge is 2.19. The van der Waals surface area contributed by atoms with Gasteiger partial charge in [0.1, 0.15) is 11.8 Å². The molecule has 1 aromatic rings. The van der Waals surface area contributed by atoms with Gasteiger partial charge < -0.3 is 9.47 Å². The first kappa shape index (κ1) is 11.4. The molecule has 2 rings (SSSR count). The van der Waals surface area contributed by atoms with Gasteiger partial charge in [0, 0.05) is 24.1 Å². The topological polar surface area (TPSA) is 48.4 Å². The van der Waals surface area contributed by atoms with Crippen molar-refractivity contribution >= 4 is 17.6 Å². The second-order valence-corrected chi connectivity index (χ2v) is 4.01. The lowest BCUT2D eigenvalue weighted by molar-refractivity contribution is -0.0163. The molecule has 0 radical (unpaired) electrons. The maximum Gasteiger partial charge on any atom is 0.357 e. The highest BCUT2D eigenvalue weighted by Crippen LogP contribution is 2.14. The van der Waals surface area contributed by atoms with Crippen LogP contribution in [0.1, 0.15) is 23.3 Å². The Bertz CT molecular complexity index is 377. The summed E-state index contributed by atoms with van der Waals surface area (Å²) in [5, 5.41) is 0.480. The third-order valence-electron chi connectivity index (χ3n) is 2.37. The molecule has 1 aliphatic heterocycles. The maximum atomic E-state index is 11.7. The monoisotopic (exact) mass is 241 g/mol. The molecule has 1 aliphatic rings. The molecule has 0 aliphatic carbocycles. The summed E-state index contributed by atoms with van der Waals surface area (Å²) in [5.41, 5.74) is 0.249. The number of carbonyl (C=O) groups excluding carboxylic acids is 1. The number of pyridine rings is 1. The van der Waals surface area contributed by atoms with Crippen molar-refractivity contribution in [1.82, 2.24) is 4.98 Å². The molecule has 2 heterocycles. The lowest BCUT2D eigenvalue weighted by Crippen LogP contribution is -2.26. The van der Waals surface area contributed by atoms with E-state index < -0.39 is 5.97 Å². The third-order valence-corrected chi connectivity index (χ3v) is 2.61. The average Bonchev–Trinajstić information content (AvgIpc) is 2.30. The van der Waals surface area contributed by atoms with Gasteiger partial charge in [0.05, 0.1) is 13.2 Å². The van der Waals surface area contributed by atoms with Crippen LogP contribution in [0.15, 0.2) is 18.3 Å². The maximum absolute atomic E-state index is 11.7. The molecule has 0 bridgehead atoms. The third kappa shape index (κ3) is 2.93. The summed E-state index contributed by atoms with van der Waals surface area (Å²) in [4.78, 5) is 15.6. The van der Waals surface area contributed by atoms with Crippen LogP contribution in [-0.2, 0) is 9.47 Å². The van der Waals surface area contributed by atoms with E-state index >= 15 is 0 Å². The fraction of sp³-hybridized carbons (Fsp3) is 0.455. The Balaban J connectivity index is 1.97. The van der Waals surface area contributed by atoms with Crippen molar-refractivity contribution in [2.24, 2.45) is 0 Å². The van der Waals surface area contributed by atoms with Crippen LogP contribution in [0.3, 0.4) is 0 Å². The molecule has 1 aromatic heterocycles. The minimum atomic E-state index is -0.422. The molecule has 1 fully saturated rings. The summed E-state index contributed by atoms with van der Waals surface area (Å²) in [6, 6.07) is 3.12. The van der Waals surface area contributed by atoms with Crippen molar-refractivity contribution in [1.29, 1.82) is 0 Å². The summed E-state index contributed by atoms with van der Waals surface area (Å²) in [5.74, 6) is -0.422. The lowest BCUT2D eigenvalue weighted by atomic mass is 10.1. The van der Waals surface area contributed by atoms with E-state index in [2.05, 4.69) is 4.98 Å².